The zero-order valence-electron chi connectivity index (χ0n) is 8.65. The minimum Gasteiger partial charge on any atom is -0.396 e. The van der Waals surface area contributed by atoms with E-state index < -0.39 is 0 Å². The first kappa shape index (κ1) is 10.2. The van der Waals surface area contributed by atoms with Crippen LogP contribution in [-0.4, -0.2) is 22.9 Å². The second-order valence-electron chi connectivity index (χ2n) is 4.68. The fraction of sp³-hybridized carbons (Fsp3) is 0.833. The Balaban J connectivity index is 2.04. The second kappa shape index (κ2) is 4.45. The summed E-state index contributed by atoms with van der Waals surface area (Å²) >= 11 is 0. The molecule has 2 heteroatoms. The fourth-order valence-electron chi connectivity index (χ4n) is 2.91. The number of hydrogen-bond acceptors (Lipinski definition) is 2. The third-order valence-electron chi connectivity index (χ3n) is 3.75. The summed E-state index contributed by atoms with van der Waals surface area (Å²) < 4.78 is 0. The summed E-state index contributed by atoms with van der Waals surface area (Å²) in [5, 5.41) is 18.8. The van der Waals surface area contributed by atoms with Gasteiger partial charge >= 0.3 is 0 Å². The monoisotopic (exact) mass is 196 g/mol. The number of hydrogen-bond donors (Lipinski definition) is 2. The van der Waals surface area contributed by atoms with Crippen molar-refractivity contribution in [3.8, 4) is 0 Å². The largest absolute Gasteiger partial charge is 0.396 e. The van der Waals surface area contributed by atoms with E-state index >= 15 is 0 Å². The molecule has 0 aromatic heterocycles. The van der Waals surface area contributed by atoms with Gasteiger partial charge in [0.05, 0.1) is 6.10 Å². The van der Waals surface area contributed by atoms with Gasteiger partial charge in [0, 0.05) is 6.61 Å². The molecule has 14 heavy (non-hydrogen) atoms. The number of aliphatic hydroxyl groups is 2. The van der Waals surface area contributed by atoms with Crippen LogP contribution < -0.4 is 0 Å². The van der Waals surface area contributed by atoms with Crippen LogP contribution in [0.25, 0.3) is 0 Å². The summed E-state index contributed by atoms with van der Waals surface area (Å²) in [5.74, 6) is 1.01. The Morgan fingerprint density at radius 1 is 1.36 bits per heavy atom. The van der Waals surface area contributed by atoms with Crippen molar-refractivity contribution in [1.29, 1.82) is 0 Å². The van der Waals surface area contributed by atoms with Crippen molar-refractivity contribution in [3.05, 3.63) is 11.6 Å². The second-order valence-corrected chi connectivity index (χ2v) is 4.68. The van der Waals surface area contributed by atoms with Gasteiger partial charge in [0.25, 0.3) is 0 Å². The van der Waals surface area contributed by atoms with Gasteiger partial charge in [-0.1, -0.05) is 18.1 Å². The van der Waals surface area contributed by atoms with Crippen LogP contribution in [0.3, 0.4) is 0 Å². The average molecular weight is 196 g/mol. The van der Waals surface area contributed by atoms with Crippen molar-refractivity contribution in [2.24, 2.45) is 11.8 Å². The number of allylic oxidation sites excluding steroid dienone is 1. The Bertz CT molecular complexity index is 222. The first-order valence-electron chi connectivity index (χ1n) is 5.80. The number of aliphatic hydroxyl groups excluding tert-OH is 2. The molecule has 1 saturated carbocycles. The lowest BCUT2D eigenvalue weighted by atomic mass is 9.72. The molecule has 2 nitrogen and oxygen atoms in total. The molecule has 80 valence electrons. The molecule has 0 saturated heterocycles. The maximum atomic E-state index is 9.85. The van der Waals surface area contributed by atoms with E-state index in [9.17, 15) is 5.11 Å². The Labute approximate surface area is 85.6 Å². The number of fused-ring (bicyclic) bond motifs is 1. The molecule has 1 fully saturated rings. The van der Waals surface area contributed by atoms with E-state index in [1.54, 1.807) is 0 Å². The fourth-order valence-corrected chi connectivity index (χ4v) is 2.91. The molecular formula is C12H20O2. The van der Waals surface area contributed by atoms with Crippen molar-refractivity contribution in [2.45, 2.75) is 44.6 Å². The summed E-state index contributed by atoms with van der Waals surface area (Å²) in [4.78, 5) is 0. The highest BCUT2D eigenvalue weighted by Gasteiger charge is 2.30. The molecule has 0 aromatic rings. The molecule has 0 bridgehead atoms. The van der Waals surface area contributed by atoms with E-state index in [0.29, 0.717) is 11.8 Å². The van der Waals surface area contributed by atoms with Crippen molar-refractivity contribution < 1.29 is 10.2 Å². The first-order valence-corrected chi connectivity index (χ1v) is 5.80. The van der Waals surface area contributed by atoms with E-state index in [1.807, 2.05) is 0 Å². The molecule has 0 aliphatic heterocycles. The Hall–Kier alpha value is -0.340. The van der Waals surface area contributed by atoms with Crippen LogP contribution >= 0.6 is 0 Å². The summed E-state index contributed by atoms with van der Waals surface area (Å²) in [6, 6.07) is 0. The molecule has 0 unspecified atom stereocenters. The molecule has 0 amide bonds. The predicted octanol–water partition coefficient (Wildman–Crippen LogP) is 1.87. The maximum Gasteiger partial charge on any atom is 0.0752 e. The van der Waals surface area contributed by atoms with Crippen LogP contribution in [0.5, 0.6) is 0 Å². The Morgan fingerprint density at radius 2 is 2.21 bits per heavy atom. The molecule has 2 aliphatic rings. The van der Waals surface area contributed by atoms with Gasteiger partial charge in [-0.3, -0.25) is 0 Å². The van der Waals surface area contributed by atoms with Gasteiger partial charge in [0.2, 0.25) is 0 Å². The SMILES string of the molecule is OCC[C@H]1C[C@H]2CCCCC2=C[C@H]1O. The highest BCUT2D eigenvalue weighted by Crippen LogP contribution is 2.39. The minimum absolute atomic E-state index is 0.206. The summed E-state index contributed by atoms with van der Waals surface area (Å²) in [5.41, 5.74) is 1.48. The van der Waals surface area contributed by atoms with Crippen LogP contribution in [0.1, 0.15) is 38.5 Å². The highest BCUT2D eigenvalue weighted by molar-refractivity contribution is 5.16. The van der Waals surface area contributed by atoms with Gasteiger partial charge in [0.15, 0.2) is 0 Å². The van der Waals surface area contributed by atoms with E-state index in [4.69, 9.17) is 5.11 Å². The predicted molar refractivity (Wildman–Crippen MR) is 55.9 cm³/mol. The van der Waals surface area contributed by atoms with E-state index in [0.717, 1.165) is 12.8 Å². The zero-order valence-corrected chi connectivity index (χ0v) is 8.65. The van der Waals surface area contributed by atoms with Crippen molar-refractivity contribution in [2.75, 3.05) is 6.61 Å². The van der Waals surface area contributed by atoms with Crippen LogP contribution in [0, 0.1) is 11.8 Å². The van der Waals surface area contributed by atoms with Gasteiger partial charge < -0.3 is 10.2 Å². The van der Waals surface area contributed by atoms with E-state index in [-0.39, 0.29) is 12.7 Å². The van der Waals surface area contributed by atoms with E-state index in [2.05, 4.69) is 6.08 Å². The van der Waals surface area contributed by atoms with Crippen LogP contribution in [0.15, 0.2) is 11.6 Å². The van der Waals surface area contributed by atoms with Crippen LogP contribution in [0.2, 0.25) is 0 Å². The average Bonchev–Trinajstić information content (AvgIpc) is 2.19. The zero-order chi connectivity index (χ0) is 9.97. The standard InChI is InChI=1S/C12H20O2/c13-6-5-11-7-9-3-1-2-4-10(9)8-12(11)14/h8-9,11-14H,1-7H2/t9-,11+,12-/m1/s1. The van der Waals surface area contributed by atoms with Crippen LogP contribution in [0.4, 0.5) is 0 Å². The Kier molecular flexibility index (Phi) is 3.24. The van der Waals surface area contributed by atoms with Gasteiger partial charge in [-0.05, 0) is 43.9 Å². The van der Waals surface area contributed by atoms with Crippen molar-refractivity contribution >= 4 is 0 Å². The normalized spacial score (nSPS) is 37.6. The maximum absolute atomic E-state index is 9.85. The third-order valence-corrected chi connectivity index (χ3v) is 3.75. The lowest BCUT2D eigenvalue weighted by Gasteiger charge is -2.35. The number of rotatable bonds is 2. The lowest BCUT2D eigenvalue weighted by molar-refractivity contribution is 0.0971. The quantitative estimate of drug-likeness (QED) is 0.662. The molecule has 0 heterocycles. The first-order chi connectivity index (χ1) is 6.81. The van der Waals surface area contributed by atoms with Crippen molar-refractivity contribution in [1.82, 2.24) is 0 Å². The molecule has 2 aliphatic carbocycles. The van der Waals surface area contributed by atoms with Crippen molar-refractivity contribution in [3.63, 3.8) is 0 Å². The van der Waals surface area contributed by atoms with Crippen LogP contribution in [-0.2, 0) is 0 Å². The lowest BCUT2D eigenvalue weighted by Crippen LogP contribution is -2.30. The molecule has 0 radical (unpaired) electrons. The molecule has 3 atom stereocenters. The molecule has 2 rings (SSSR count). The molecule has 0 spiro atoms. The van der Waals surface area contributed by atoms with Gasteiger partial charge in [-0.15, -0.1) is 0 Å². The molecule has 2 N–H and O–H groups in total. The van der Waals surface area contributed by atoms with Gasteiger partial charge in [-0.2, -0.15) is 0 Å². The molecule has 0 aromatic carbocycles. The Morgan fingerprint density at radius 3 is 3.00 bits per heavy atom. The summed E-state index contributed by atoms with van der Waals surface area (Å²) in [6.07, 6.45) is 8.71. The highest BCUT2D eigenvalue weighted by atomic mass is 16.3. The van der Waals surface area contributed by atoms with E-state index in [1.165, 1.54) is 31.3 Å². The topological polar surface area (TPSA) is 40.5 Å². The minimum atomic E-state index is -0.300. The van der Waals surface area contributed by atoms with Gasteiger partial charge in [0.1, 0.15) is 0 Å². The smallest absolute Gasteiger partial charge is 0.0752 e. The summed E-state index contributed by atoms with van der Waals surface area (Å²) in [6.45, 7) is 0.206. The molecular weight excluding hydrogens is 176 g/mol. The van der Waals surface area contributed by atoms with Gasteiger partial charge in [-0.25, -0.2) is 0 Å². The third kappa shape index (κ3) is 2.01. The summed E-state index contributed by atoms with van der Waals surface area (Å²) in [7, 11) is 0.